The van der Waals surface area contributed by atoms with E-state index in [9.17, 15) is 78.0 Å². The van der Waals surface area contributed by atoms with E-state index in [0.717, 1.165) is 6.92 Å². The highest BCUT2D eigenvalue weighted by molar-refractivity contribution is 7.80. The number of hydrogen-bond donors (Lipinski definition) is 19. The lowest BCUT2D eigenvalue weighted by molar-refractivity contribution is -0.144. The summed E-state index contributed by atoms with van der Waals surface area (Å²) < 4.78 is 0. The first-order valence-corrected chi connectivity index (χ1v) is 25.3. The maximum atomic E-state index is 14.3. The molecule has 0 spiro atoms. The maximum Gasteiger partial charge on any atom is 0.326 e. The number of carboxylic acids is 1. The van der Waals surface area contributed by atoms with Crippen molar-refractivity contribution in [1.29, 1.82) is 0 Å². The number of aliphatic hydroxyl groups excluding tert-OH is 2. The second-order valence-electron chi connectivity index (χ2n) is 18.3. The number of aromatic nitrogens is 4. The van der Waals surface area contributed by atoms with Gasteiger partial charge in [0.2, 0.25) is 65.0 Å². The van der Waals surface area contributed by atoms with Gasteiger partial charge in [0.15, 0.2) is 0 Å². The van der Waals surface area contributed by atoms with Gasteiger partial charge in [0.1, 0.15) is 60.1 Å². The Bertz CT molecular complexity index is 2630. The van der Waals surface area contributed by atoms with E-state index >= 15 is 0 Å². The topological polar surface area (TPSA) is 529 Å². The monoisotopic (exact) mass is 1140 g/mol. The molecule has 21 N–H and O–H groups in total. The first-order chi connectivity index (χ1) is 37.8. The third-order valence-electron chi connectivity index (χ3n) is 12.0. The normalized spacial score (nSPS) is 15.1. The molecule has 0 radical (unpaired) electrons. The predicted molar refractivity (Wildman–Crippen MR) is 280 cm³/mol. The van der Waals surface area contributed by atoms with Gasteiger partial charge in [-0.05, 0) is 30.5 Å². The summed E-state index contributed by atoms with van der Waals surface area (Å²) in [5, 5.41) is 60.6. The van der Waals surface area contributed by atoms with Gasteiger partial charge in [-0.1, -0.05) is 32.4 Å². The fraction of sp³-hybridized carbons (Fsp3) is 0.489. The van der Waals surface area contributed by atoms with Crippen LogP contribution in [0, 0.1) is 5.92 Å². The number of nitrogens with zero attached hydrogens (tertiary/aromatic N) is 2. The lowest BCUT2D eigenvalue weighted by Gasteiger charge is -2.28. The summed E-state index contributed by atoms with van der Waals surface area (Å²) in [6.45, 7) is 2.34. The van der Waals surface area contributed by atoms with Crippen LogP contribution in [0.4, 0.5) is 0 Å². The van der Waals surface area contributed by atoms with Crippen LogP contribution in [0.3, 0.4) is 0 Å². The second kappa shape index (κ2) is 32.3. The number of aliphatic carboxylic acids is 1. The molecule has 80 heavy (non-hydrogen) atoms. The second-order valence-corrected chi connectivity index (χ2v) is 18.7. The molecule has 1 aromatic carbocycles. The molecule has 0 saturated carbocycles. The van der Waals surface area contributed by atoms with Crippen molar-refractivity contribution in [3.05, 3.63) is 66.3 Å². The van der Waals surface area contributed by atoms with Gasteiger partial charge in [-0.3, -0.25) is 52.7 Å². The van der Waals surface area contributed by atoms with E-state index in [1.165, 1.54) is 49.3 Å². The summed E-state index contributed by atoms with van der Waals surface area (Å²) in [4.78, 5) is 172. The molecule has 32 nitrogen and oxygen atoms in total. The Balaban J connectivity index is 1.87. The third kappa shape index (κ3) is 21.3. The molecule has 0 fully saturated rings. The van der Waals surface area contributed by atoms with Crippen molar-refractivity contribution in [2.24, 2.45) is 23.1 Å². The number of nitrogens with one attached hydrogen (secondary N) is 11. The Kier molecular flexibility index (Phi) is 26.5. The summed E-state index contributed by atoms with van der Waals surface area (Å²) in [5.41, 5.74) is 17.2. The maximum absolute atomic E-state index is 14.3. The highest BCUT2D eigenvalue weighted by Crippen LogP contribution is 2.14. The van der Waals surface area contributed by atoms with E-state index in [4.69, 9.17) is 17.2 Å². The minimum absolute atomic E-state index is 0.101. The molecule has 0 unspecified atom stereocenters. The number of rotatable bonds is 34. The zero-order chi connectivity index (χ0) is 59.8. The number of primary amides is 2. The number of phenolic OH excluding ortho intramolecular Hbond substituents is 1. The summed E-state index contributed by atoms with van der Waals surface area (Å²) in [5.74, 6) is -14.3. The molecule has 438 valence electrons. The van der Waals surface area contributed by atoms with Gasteiger partial charge in [0.25, 0.3) is 0 Å². The van der Waals surface area contributed by atoms with E-state index in [-0.39, 0.29) is 36.5 Å². The third-order valence-corrected chi connectivity index (χ3v) is 12.4. The van der Waals surface area contributed by atoms with Crippen molar-refractivity contribution in [2.45, 2.75) is 120 Å². The number of benzene rings is 1. The first-order valence-electron chi connectivity index (χ1n) is 24.6. The van der Waals surface area contributed by atoms with Gasteiger partial charge in [-0.15, -0.1) is 0 Å². The van der Waals surface area contributed by atoms with Crippen molar-refractivity contribution in [1.82, 2.24) is 67.8 Å². The number of hydrogen-bond acceptors (Lipinski definition) is 19. The van der Waals surface area contributed by atoms with Crippen LogP contribution in [0.5, 0.6) is 5.75 Å². The molecule has 3 aromatic rings. The Morgan fingerprint density at radius 3 is 1.32 bits per heavy atom. The number of carbonyl (C=O) groups is 12. The molecule has 0 aliphatic carbocycles. The summed E-state index contributed by atoms with van der Waals surface area (Å²) in [7, 11) is 0. The molecule has 11 amide bonds. The number of aromatic hydroxyl groups is 1. The number of thiol groups is 1. The molecule has 0 aliphatic rings. The lowest BCUT2D eigenvalue weighted by Crippen LogP contribution is -2.62. The Labute approximate surface area is 461 Å². The number of amides is 11. The van der Waals surface area contributed by atoms with Gasteiger partial charge >= 0.3 is 5.97 Å². The quantitative estimate of drug-likeness (QED) is 0.0247. The fourth-order valence-electron chi connectivity index (χ4n) is 7.27. The number of carbonyl (C=O) groups excluding carboxylic acids is 11. The van der Waals surface area contributed by atoms with Crippen molar-refractivity contribution in [3.63, 3.8) is 0 Å². The van der Waals surface area contributed by atoms with Crippen LogP contribution in [0.2, 0.25) is 0 Å². The van der Waals surface area contributed by atoms with Gasteiger partial charge in [0, 0.05) is 48.8 Å². The summed E-state index contributed by atoms with van der Waals surface area (Å²) >= 11 is 3.89. The number of carboxylic acid groups (broad SMARTS) is 1. The lowest BCUT2D eigenvalue weighted by atomic mass is 9.98. The molecule has 0 saturated heterocycles. The van der Waals surface area contributed by atoms with Crippen LogP contribution >= 0.6 is 12.6 Å². The number of imidazole rings is 2. The number of nitrogens with two attached hydrogens (primary N) is 3. The molecular weight excluding hydrogens is 1080 g/mol. The average Bonchev–Trinajstić information content (AvgIpc) is 4.14. The van der Waals surface area contributed by atoms with Crippen LogP contribution < -0.4 is 65.1 Å². The average molecular weight is 1150 g/mol. The van der Waals surface area contributed by atoms with Gasteiger partial charge in [-0.2, -0.15) is 12.6 Å². The summed E-state index contributed by atoms with van der Waals surface area (Å²) in [6.07, 6.45) is 2.72. The number of aliphatic hydroxyl groups is 2. The van der Waals surface area contributed by atoms with Crippen molar-refractivity contribution in [3.8, 4) is 5.75 Å². The highest BCUT2D eigenvalue weighted by atomic mass is 32.1. The Morgan fingerprint density at radius 2 is 0.925 bits per heavy atom. The molecule has 11 atom stereocenters. The van der Waals surface area contributed by atoms with Gasteiger partial charge in [0.05, 0.1) is 44.8 Å². The minimum atomic E-state index is -1.99. The van der Waals surface area contributed by atoms with E-state index < -0.39 is 163 Å². The molecule has 33 heteroatoms. The van der Waals surface area contributed by atoms with Crippen LogP contribution in [0.1, 0.15) is 57.0 Å². The highest BCUT2D eigenvalue weighted by Gasteiger charge is 2.37. The largest absolute Gasteiger partial charge is 0.508 e. The SMILES string of the molecule is CC[C@H](C)[C@H](NC(=O)[C@H](Cc1ccc(O)cc1)NC(=O)[C@H](Cc1cnc[nH]1)NC(=O)[C@H](Cc1cnc[nH]1)NC(=O)[C@H](CO)NC(=O)[C@H](CC(N)=O)NC(=O)[C@H](CC(N)=O)NC(=O)[C@H](C)NC(=O)[C@H](CO)NC(=O)[C@@H](N)CS)C(=O)O. The van der Waals surface area contributed by atoms with Gasteiger partial charge in [-0.25, -0.2) is 14.8 Å². The number of aromatic amines is 2. The van der Waals surface area contributed by atoms with E-state index in [0.29, 0.717) is 17.7 Å². The smallest absolute Gasteiger partial charge is 0.326 e. The molecule has 2 heterocycles. The summed E-state index contributed by atoms with van der Waals surface area (Å²) in [6, 6.07) is -10.6. The molecule has 3 rings (SSSR count). The number of phenols is 1. The molecule has 0 aliphatic heterocycles. The van der Waals surface area contributed by atoms with Crippen LogP contribution in [0.15, 0.2) is 49.3 Å². The first kappa shape index (κ1) is 65.6. The van der Waals surface area contributed by atoms with Crippen molar-refractivity contribution < 1.29 is 78.0 Å². The van der Waals surface area contributed by atoms with Crippen LogP contribution in [0.25, 0.3) is 0 Å². The van der Waals surface area contributed by atoms with Crippen molar-refractivity contribution in [2.75, 3.05) is 19.0 Å². The zero-order valence-corrected chi connectivity index (χ0v) is 44.5. The molecular formula is C47H68N16O16S. The van der Waals surface area contributed by atoms with Gasteiger partial charge < -0.3 is 95.4 Å². The molecule has 0 bridgehead atoms. The van der Waals surface area contributed by atoms with E-state index in [1.54, 1.807) is 13.8 Å². The standard InChI is InChI=1S/C47H68N16O16S/c1-4-21(2)37(47(78)79)63-44(75)28(9-23-5-7-26(66)8-6-23)57-40(71)29(10-24-14-51-19-53-24)58-41(72)30(11-25-15-52-20-54-25)59-46(77)34(17-65)62-43(74)32(13-36(50)68)60-42(73)31(12-35(49)67)56-38(69)22(3)55-45(76)33(16-64)61-39(70)27(48)18-80/h5-8,14-15,19-22,27-34,37,64-66,80H,4,9-13,16-18,48H2,1-3H3,(H2,49,67)(H2,50,68)(H,51,53)(H,52,54)(H,55,76)(H,56,69)(H,57,71)(H,58,72)(H,59,77)(H,60,73)(H,61,70)(H,62,74)(H,63,75)(H,78,79)/t21-,22-,27-,28-,29-,30-,31-,32-,33-,34-,37-/m0/s1. The Morgan fingerprint density at radius 1 is 0.550 bits per heavy atom. The number of H-pyrrole nitrogens is 2. The van der Waals surface area contributed by atoms with Crippen LogP contribution in [-0.2, 0) is 76.8 Å². The van der Waals surface area contributed by atoms with E-state index in [1.807, 2.05) is 0 Å². The minimum Gasteiger partial charge on any atom is -0.508 e. The van der Waals surface area contributed by atoms with Crippen LogP contribution in [-0.4, -0.2) is 191 Å². The molecule has 2 aromatic heterocycles. The van der Waals surface area contributed by atoms with Crippen molar-refractivity contribution >= 4 is 83.6 Å². The Hall–Kier alpha value is -8.69. The van der Waals surface area contributed by atoms with E-state index in [2.05, 4.69) is 80.4 Å². The zero-order valence-electron chi connectivity index (χ0n) is 43.6. The predicted octanol–water partition coefficient (Wildman–Crippen LogP) is -7.63. The fourth-order valence-corrected chi connectivity index (χ4v) is 7.44.